The molecular weight excluding hydrogens is 294 g/mol. The van der Waals surface area contributed by atoms with Crippen LogP contribution in [-0.2, 0) is 14.6 Å². The van der Waals surface area contributed by atoms with Gasteiger partial charge in [-0.1, -0.05) is 26.0 Å². The van der Waals surface area contributed by atoms with Crippen LogP contribution in [0.3, 0.4) is 0 Å². The normalized spacial score (nSPS) is 12.7. The summed E-state index contributed by atoms with van der Waals surface area (Å²) in [7, 11) is -3.52. The van der Waals surface area contributed by atoms with Crippen LogP contribution in [0.4, 0.5) is 0 Å². The van der Waals surface area contributed by atoms with Gasteiger partial charge in [-0.25, -0.2) is 8.42 Å². The highest BCUT2D eigenvalue weighted by Gasteiger charge is 2.22. The van der Waals surface area contributed by atoms with Crippen LogP contribution in [0.5, 0.6) is 0 Å². The van der Waals surface area contributed by atoms with Gasteiger partial charge >= 0.3 is 5.97 Å². The Balaban J connectivity index is 2.98. The Kier molecular flexibility index (Phi) is 5.90. The quantitative estimate of drug-likeness (QED) is 0.790. The van der Waals surface area contributed by atoms with E-state index in [9.17, 15) is 18.0 Å². The van der Waals surface area contributed by atoms with E-state index in [-0.39, 0.29) is 22.8 Å². The number of carboxylic acid groups (broad SMARTS) is 1. The van der Waals surface area contributed by atoms with Crippen molar-refractivity contribution in [1.29, 1.82) is 0 Å². The molecule has 1 rings (SSSR count). The molecule has 0 heterocycles. The number of aliphatic carboxylic acids is 1. The molecule has 0 aliphatic heterocycles. The molecule has 0 saturated heterocycles. The lowest BCUT2D eigenvalue weighted by molar-refractivity contribution is -0.140. The maximum absolute atomic E-state index is 12.1. The molecule has 0 fully saturated rings. The minimum absolute atomic E-state index is 0.0210. The first-order chi connectivity index (χ1) is 9.79. The van der Waals surface area contributed by atoms with E-state index in [4.69, 9.17) is 5.11 Å². The zero-order chi connectivity index (χ0) is 16.0. The monoisotopic (exact) mass is 313 g/mol. The SMILES string of the molecule is CCCS(=O)(=O)c1ccccc1C(=O)NCC(C)C(=O)O. The summed E-state index contributed by atoms with van der Waals surface area (Å²) in [5.41, 5.74) is 0.0449. The van der Waals surface area contributed by atoms with Gasteiger partial charge in [-0.3, -0.25) is 9.59 Å². The van der Waals surface area contributed by atoms with Crippen LogP contribution in [-0.4, -0.2) is 37.7 Å². The van der Waals surface area contributed by atoms with Crippen LogP contribution in [0.2, 0.25) is 0 Å². The fraction of sp³-hybridized carbons (Fsp3) is 0.429. The second-order valence-electron chi connectivity index (χ2n) is 4.76. The summed E-state index contributed by atoms with van der Waals surface area (Å²) >= 11 is 0. The van der Waals surface area contributed by atoms with Crippen molar-refractivity contribution in [2.24, 2.45) is 5.92 Å². The van der Waals surface area contributed by atoms with Crippen molar-refractivity contribution in [3.8, 4) is 0 Å². The second-order valence-corrected chi connectivity index (χ2v) is 6.84. The molecule has 0 radical (unpaired) electrons. The van der Waals surface area contributed by atoms with Crippen LogP contribution in [0.1, 0.15) is 30.6 Å². The molecule has 1 amide bonds. The molecule has 0 aliphatic rings. The van der Waals surface area contributed by atoms with Gasteiger partial charge in [-0.2, -0.15) is 0 Å². The third-order valence-corrected chi connectivity index (χ3v) is 4.90. The van der Waals surface area contributed by atoms with Gasteiger partial charge in [0, 0.05) is 6.54 Å². The Bertz CT molecular complexity index is 624. The molecule has 2 N–H and O–H groups in total. The largest absolute Gasteiger partial charge is 0.481 e. The Labute approximate surface area is 124 Å². The van der Waals surface area contributed by atoms with Crippen molar-refractivity contribution in [2.45, 2.75) is 25.2 Å². The average molecular weight is 313 g/mol. The number of carbonyl (C=O) groups is 2. The summed E-state index contributed by atoms with van der Waals surface area (Å²) in [6.45, 7) is 3.15. The van der Waals surface area contributed by atoms with E-state index in [2.05, 4.69) is 5.32 Å². The number of carbonyl (C=O) groups excluding carboxylic acids is 1. The van der Waals surface area contributed by atoms with Crippen molar-refractivity contribution in [3.05, 3.63) is 29.8 Å². The average Bonchev–Trinajstić information content (AvgIpc) is 2.44. The van der Waals surface area contributed by atoms with E-state index < -0.39 is 27.6 Å². The summed E-state index contributed by atoms with van der Waals surface area (Å²) in [6, 6.07) is 5.93. The fourth-order valence-electron chi connectivity index (χ4n) is 1.73. The number of sulfone groups is 1. The highest BCUT2D eigenvalue weighted by molar-refractivity contribution is 7.91. The van der Waals surface area contributed by atoms with E-state index >= 15 is 0 Å². The predicted molar refractivity (Wildman–Crippen MR) is 77.9 cm³/mol. The van der Waals surface area contributed by atoms with E-state index in [1.54, 1.807) is 19.1 Å². The molecule has 1 aromatic rings. The highest BCUT2D eigenvalue weighted by atomic mass is 32.2. The zero-order valence-corrected chi connectivity index (χ0v) is 12.8. The first-order valence-electron chi connectivity index (χ1n) is 6.62. The number of nitrogens with one attached hydrogen (secondary N) is 1. The van der Waals surface area contributed by atoms with Gasteiger partial charge in [0.25, 0.3) is 5.91 Å². The van der Waals surface area contributed by atoms with Crippen LogP contribution in [0.15, 0.2) is 29.2 Å². The van der Waals surface area contributed by atoms with Crippen LogP contribution in [0, 0.1) is 5.92 Å². The number of rotatable bonds is 7. The highest BCUT2D eigenvalue weighted by Crippen LogP contribution is 2.17. The summed E-state index contributed by atoms with van der Waals surface area (Å²) in [4.78, 5) is 22.8. The Morgan fingerprint density at radius 2 is 1.90 bits per heavy atom. The number of benzene rings is 1. The molecule has 0 saturated carbocycles. The molecule has 0 bridgehead atoms. The minimum atomic E-state index is -3.52. The Morgan fingerprint density at radius 3 is 2.48 bits per heavy atom. The van der Waals surface area contributed by atoms with Crippen LogP contribution in [0.25, 0.3) is 0 Å². The van der Waals surface area contributed by atoms with Gasteiger partial charge in [-0.15, -0.1) is 0 Å². The van der Waals surface area contributed by atoms with E-state index in [0.29, 0.717) is 6.42 Å². The van der Waals surface area contributed by atoms with Gasteiger partial charge in [0.05, 0.1) is 22.1 Å². The molecule has 0 spiro atoms. The number of hydrogen-bond donors (Lipinski definition) is 2. The molecule has 1 aromatic carbocycles. The lowest BCUT2D eigenvalue weighted by Crippen LogP contribution is -2.32. The topological polar surface area (TPSA) is 101 Å². The molecule has 1 unspecified atom stereocenters. The lowest BCUT2D eigenvalue weighted by atomic mass is 10.1. The van der Waals surface area contributed by atoms with E-state index in [1.165, 1.54) is 19.1 Å². The first-order valence-corrected chi connectivity index (χ1v) is 8.27. The minimum Gasteiger partial charge on any atom is -0.481 e. The Morgan fingerprint density at radius 1 is 1.29 bits per heavy atom. The van der Waals surface area contributed by atoms with Crippen molar-refractivity contribution in [1.82, 2.24) is 5.32 Å². The van der Waals surface area contributed by atoms with Gasteiger partial charge in [0.15, 0.2) is 9.84 Å². The van der Waals surface area contributed by atoms with Crippen molar-refractivity contribution >= 4 is 21.7 Å². The standard InChI is InChI=1S/C14H19NO5S/c1-3-8-21(19,20)12-7-5-4-6-11(12)13(16)15-9-10(2)14(17)18/h4-7,10H,3,8-9H2,1-2H3,(H,15,16)(H,17,18). The fourth-order valence-corrected chi connectivity index (χ4v) is 3.27. The molecule has 116 valence electrons. The van der Waals surface area contributed by atoms with Crippen molar-refractivity contribution < 1.29 is 23.1 Å². The van der Waals surface area contributed by atoms with E-state index in [0.717, 1.165) is 0 Å². The smallest absolute Gasteiger partial charge is 0.308 e. The molecule has 1 atom stereocenters. The lowest BCUT2D eigenvalue weighted by Gasteiger charge is -2.12. The molecule has 7 heteroatoms. The Hall–Kier alpha value is -1.89. The number of amides is 1. The third-order valence-electron chi connectivity index (χ3n) is 2.93. The van der Waals surface area contributed by atoms with E-state index in [1.807, 2.05) is 0 Å². The van der Waals surface area contributed by atoms with Gasteiger partial charge in [0.1, 0.15) is 0 Å². The zero-order valence-electron chi connectivity index (χ0n) is 12.0. The van der Waals surface area contributed by atoms with Crippen LogP contribution < -0.4 is 5.32 Å². The maximum Gasteiger partial charge on any atom is 0.308 e. The maximum atomic E-state index is 12.1. The van der Waals surface area contributed by atoms with Crippen molar-refractivity contribution in [3.63, 3.8) is 0 Å². The molecular formula is C14H19NO5S. The number of carboxylic acids is 1. The summed E-state index contributed by atoms with van der Waals surface area (Å²) in [5, 5.41) is 11.2. The summed E-state index contributed by atoms with van der Waals surface area (Å²) < 4.78 is 24.3. The molecule has 6 nitrogen and oxygen atoms in total. The van der Waals surface area contributed by atoms with Gasteiger partial charge in [-0.05, 0) is 18.6 Å². The predicted octanol–water partition coefficient (Wildman–Crippen LogP) is 1.32. The van der Waals surface area contributed by atoms with Crippen LogP contribution >= 0.6 is 0 Å². The van der Waals surface area contributed by atoms with Gasteiger partial charge < -0.3 is 10.4 Å². The molecule has 0 aromatic heterocycles. The summed E-state index contributed by atoms with van der Waals surface area (Å²) in [6.07, 6.45) is 0.453. The van der Waals surface area contributed by atoms with Gasteiger partial charge in [0.2, 0.25) is 0 Å². The third kappa shape index (κ3) is 4.56. The summed E-state index contributed by atoms with van der Waals surface area (Å²) in [5.74, 6) is -2.39. The molecule has 0 aliphatic carbocycles. The molecule has 21 heavy (non-hydrogen) atoms. The second kappa shape index (κ2) is 7.21. The first kappa shape index (κ1) is 17.2. The number of hydrogen-bond acceptors (Lipinski definition) is 4. The van der Waals surface area contributed by atoms with Crippen molar-refractivity contribution in [2.75, 3.05) is 12.3 Å².